The number of nitrogens with zero attached hydrogens (tertiary/aromatic N) is 2. The zero-order valence-corrected chi connectivity index (χ0v) is 12.3. The maximum atomic E-state index is 12.1. The molecule has 0 aliphatic carbocycles. The molecule has 1 aliphatic heterocycles. The van der Waals surface area contributed by atoms with Crippen molar-refractivity contribution in [2.75, 3.05) is 6.54 Å². The number of benzene rings is 1. The molecule has 2 aromatic rings. The SMILES string of the molecule is CC(C)=CCN1Cc2cccc3[nH]c(=O)n(c23)C[C@@H]1C. The van der Waals surface area contributed by atoms with Crippen LogP contribution >= 0.6 is 0 Å². The van der Waals surface area contributed by atoms with Gasteiger partial charge in [0.15, 0.2) is 0 Å². The third-order valence-corrected chi connectivity index (χ3v) is 4.05. The van der Waals surface area contributed by atoms with Crippen LogP contribution in [0.2, 0.25) is 0 Å². The Kier molecular flexibility index (Phi) is 3.26. The van der Waals surface area contributed by atoms with E-state index in [-0.39, 0.29) is 5.69 Å². The van der Waals surface area contributed by atoms with Crippen LogP contribution in [0.15, 0.2) is 34.6 Å². The summed E-state index contributed by atoms with van der Waals surface area (Å²) < 4.78 is 1.89. The summed E-state index contributed by atoms with van der Waals surface area (Å²) in [6, 6.07) is 6.47. The van der Waals surface area contributed by atoms with Crippen molar-refractivity contribution in [2.24, 2.45) is 0 Å². The summed E-state index contributed by atoms with van der Waals surface area (Å²) in [5.74, 6) is 0. The van der Waals surface area contributed by atoms with Gasteiger partial charge in [-0.25, -0.2) is 4.79 Å². The average Bonchev–Trinajstić information content (AvgIpc) is 2.62. The second-order valence-corrected chi connectivity index (χ2v) is 5.91. The van der Waals surface area contributed by atoms with E-state index >= 15 is 0 Å². The smallest absolute Gasteiger partial charge is 0.306 e. The third kappa shape index (κ3) is 2.20. The number of rotatable bonds is 2. The van der Waals surface area contributed by atoms with E-state index in [2.05, 4.69) is 42.8 Å². The standard InChI is InChI=1S/C16H21N3O/c1-11(2)7-8-18-10-13-5-4-6-14-15(13)19(9-12(18)3)16(20)17-14/h4-7,12H,8-10H2,1-3H3,(H,17,20)/t12-/m0/s1. The van der Waals surface area contributed by atoms with Crippen LogP contribution in [0.5, 0.6) is 0 Å². The summed E-state index contributed by atoms with van der Waals surface area (Å²) in [6.07, 6.45) is 2.25. The van der Waals surface area contributed by atoms with Gasteiger partial charge in [0.05, 0.1) is 11.0 Å². The molecule has 0 bridgehead atoms. The highest BCUT2D eigenvalue weighted by atomic mass is 16.1. The third-order valence-electron chi connectivity index (χ3n) is 4.05. The van der Waals surface area contributed by atoms with E-state index in [1.54, 1.807) is 0 Å². The molecule has 1 atom stereocenters. The molecule has 1 aliphatic rings. The summed E-state index contributed by atoms with van der Waals surface area (Å²) in [5, 5.41) is 0. The molecule has 0 unspecified atom stereocenters. The summed E-state index contributed by atoms with van der Waals surface area (Å²) in [5.41, 5.74) is 4.58. The topological polar surface area (TPSA) is 41.0 Å². The number of allylic oxidation sites excluding steroid dienone is 1. The van der Waals surface area contributed by atoms with Gasteiger partial charge in [0.2, 0.25) is 0 Å². The van der Waals surface area contributed by atoms with Crippen molar-refractivity contribution in [3.05, 3.63) is 45.9 Å². The van der Waals surface area contributed by atoms with Crippen molar-refractivity contribution in [2.45, 2.75) is 39.9 Å². The zero-order chi connectivity index (χ0) is 14.3. The summed E-state index contributed by atoms with van der Waals surface area (Å²) in [6.45, 7) is 9.00. The van der Waals surface area contributed by atoms with Crippen molar-refractivity contribution in [3.63, 3.8) is 0 Å². The molecule has 0 fully saturated rings. The fourth-order valence-corrected chi connectivity index (χ4v) is 2.90. The number of para-hydroxylation sites is 1. The monoisotopic (exact) mass is 271 g/mol. The Hall–Kier alpha value is -1.81. The molecule has 106 valence electrons. The lowest BCUT2D eigenvalue weighted by Crippen LogP contribution is -2.36. The van der Waals surface area contributed by atoms with Gasteiger partial charge in [-0.15, -0.1) is 0 Å². The lowest BCUT2D eigenvalue weighted by Gasteiger charge is -2.26. The predicted molar refractivity (Wildman–Crippen MR) is 81.9 cm³/mol. The van der Waals surface area contributed by atoms with Crippen LogP contribution in [0.3, 0.4) is 0 Å². The number of aromatic amines is 1. The van der Waals surface area contributed by atoms with Gasteiger partial charge >= 0.3 is 5.69 Å². The molecule has 0 amide bonds. The van der Waals surface area contributed by atoms with Gasteiger partial charge in [-0.05, 0) is 32.4 Å². The highest BCUT2D eigenvalue weighted by Crippen LogP contribution is 2.23. The molecular formula is C16H21N3O. The lowest BCUT2D eigenvalue weighted by atomic mass is 10.1. The predicted octanol–water partition coefficient (Wildman–Crippen LogP) is 2.50. The summed E-state index contributed by atoms with van der Waals surface area (Å²) >= 11 is 0. The Morgan fingerprint density at radius 2 is 2.25 bits per heavy atom. The van der Waals surface area contributed by atoms with Crippen molar-refractivity contribution < 1.29 is 0 Å². The molecule has 0 radical (unpaired) electrons. The Balaban J connectivity index is 2.05. The van der Waals surface area contributed by atoms with Crippen molar-refractivity contribution >= 4 is 11.0 Å². The first-order valence-corrected chi connectivity index (χ1v) is 7.14. The van der Waals surface area contributed by atoms with Crippen molar-refractivity contribution in [1.82, 2.24) is 14.5 Å². The Bertz CT molecular complexity index is 719. The largest absolute Gasteiger partial charge is 0.326 e. The van der Waals surface area contributed by atoms with Gasteiger partial charge in [0.1, 0.15) is 0 Å². The Morgan fingerprint density at radius 3 is 3.00 bits per heavy atom. The van der Waals surface area contributed by atoms with Crippen LogP contribution in [0.1, 0.15) is 26.3 Å². The second-order valence-electron chi connectivity index (χ2n) is 5.91. The molecule has 4 heteroatoms. The summed E-state index contributed by atoms with van der Waals surface area (Å²) in [4.78, 5) is 17.5. The van der Waals surface area contributed by atoms with Crippen LogP contribution in [0.25, 0.3) is 11.0 Å². The fraction of sp³-hybridized carbons (Fsp3) is 0.438. The normalized spacial score (nSPS) is 19.1. The first kappa shape index (κ1) is 13.2. The molecule has 2 heterocycles. The van der Waals surface area contributed by atoms with Gasteiger partial charge in [-0.2, -0.15) is 0 Å². The van der Waals surface area contributed by atoms with Gasteiger partial charge in [0, 0.05) is 25.7 Å². The van der Waals surface area contributed by atoms with Gasteiger partial charge in [-0.3, -0.25) is 9.47 Å². The molecule has 0 saturated heterocycles. The highest BCUT2D eigenvalue weighted by Gasteiger charge is 2.22. The van der Waals surface area contributed by atoms with Crippen LogP contribution in [0, 0.1) is 0 Å². The molecule has 1 N–H and O–H groups in total. The highest BCUT2D eigenvalue weighted by molar-refractivity contribution is 5.79. The van der Waals surface area contributed by atoms with E-state index in [1.807, 2.05) is 16.7 Å². The van der Waals surface area contributed by atoms with Crippen LogP contribution in [-0.2, 0) is 13.1 Å². The number of hydrogen-bond donors (Lipinski definition) is 1. The van der Waals surface area contributed by atoms with Crippen molar-refractivity contribution in [3.8, 4) is 0 Å². The zero-order valence-electron chi connectivity index (χ0n) is 12.3. The number of H-pyrrole nitrogens is 1. The van der Waals surface area contributed by atoms with E-state index < -0.39 is 0 Å². The number of nitrogens with one attached hydrogen (secondary N) is 1. The van der Waals surface area contributed by atoms with Gasteiger partial charge in [0.25, 0.3) is 0 Å². The van der Waals surface area contributed by atoms with Crippen LogP contribution < -0.4 is 5.69 Å². The molecule has 20 heavy (non-hydrogen) atoms. The van der Waals surface area contributed by atoms with E-state index in [9.17, 15) is 4.79 Å². The molecule has 1 aromatic heterocycles. The molecule has 1 aromatic carbocycles. The minimum Gasteiger partial charge on any atom is -0.306 e. The van der Waals surface area contributed by atoms with E-state index in [0.29, 0.717) is 6.04 Å². The molecule has 3 rings (SSSR count). The van der Waals surface area contributed by atoms with Gasteiger partial charge in [-0.1, -0.05) is 23.8 Å². The first-order valence-electron chi connectivity index (χ1n) is 7.14. The van der Waals surface area contributed by atoms with Crippen LogP contribution in [-0.4, -0.2) is 27.0 Å². The second kappa shape index (κ2) is 4.94. The quantitative estimate of drug-likeness (QED) is 0.853. The van der Waals surface area contributed by atoms with E-state index in [4.69, 9.17) is 0 Å². The first-order chi connectivity index (χ1) is 9.56. The number of hydrogen-bond acceptors (Lipinski definition) is 2. The molecular weight excluding hydrogens is 250 g/mol. The molecule has 0 spiro atoms. The fourth-order valence-electron chi connectivity index (χ4n) is 2.90. The van der Waals surface area contributed by atoms with Crippen LogP contribution in [0.4, 0.5) is 0 Å². The van der Waals surface area contributed by atoms with E-state index in [1.165, 1.54) is 11.1 Å². The average molecular weight is 271 g/mol. The van der Waals surface area contributed by atoms with E-state index in [0.717, 1.165) is 30.7 Å². The maximum Gasteiger partial charge on any atom is 0.326 e. The Labute approximate surface area is 118 Å². The minimum atomic E-state index is 0.00311. The van der Waals surface area contributed by atoms with Gasteiger partial charge < -0.3 is 4.98 Å². The molecule has 4 nitrogen and oxygen atoms in total. The number of aromatic nitrogens is 2. The molecule has 0 saturated carbocycles. The Morgan fingerprint density at radius 1 is 1.45 bits per heavy atom. The number of imidazole rings is 1. The lowest BCUT2D eigenvalue weighted by molar-refractivity contribution is 0.210. The summed E-state index contributed by atoms with van der Waals surface area (Å²) in [7, 11) is 0. The maximum absolute atomic E-state index is 12.1. The minimum absolute atomic E-state index is 0.00311. The van der Waals surface area contributed by atoms with Crippen molar-refractivity contribution in [1.29, 1.82) is 0 Å².